The summed E-state index contributed by atoms with van der Waals surface area (Å²) in [5, 5.41) is 8.60. The zero-order valence-corrected chi connectivity index (χ0v) is 19.3. The highest BCUT2D eigenvalue weighted by molar-refractivity contribution is 6.31. The first-order valence-corrected chi connectivity index (χ1v) is 11.7. The van der Waals surface area contributed by atoms with E-state index in [2.05, 4.69) is 20.4 Å². The Morgan fingerprint density at radius 3 is 2.78 bits per heavy atom. The standard InChI is InChI=1S/C24H26Cl2N4O2/c25-20-11-9-18(10-12-20)23-28-22(32-29-23)16-30-14-4-7-19(15-30)24(31)27-13-3-6-17-5-1-2-8-21(17)26/h1-2,5,8-12,19H,3-4,6-7,13-16H2,(H,27,31). The van der Waals surface area contributed by atoms with Crippen LogP contribution in [0.5, 0.6) is 0 Å². The second kappa shape index (κ2) is 10.9. The fourth-order valence-corrected chi connectivity index (χ4v) is 4.33. The third-order valence-electron chi connectivity index (χ3n) is 5.69. The Bertz CT molecular complexity index is 1040. The van der Waals surface area contributed by atoms with Crippen molar-refractivity contribution in [3.63, 3.8) is 0 Å². The number of aryl methyl sites for hydroxylation is 1. The van der Waals surface area contributed by atoms with Crippen LogP contribution in [0, 0.1) is 5.92 Å². The molecule has 0 spiro atoms. The molecule has 0 radical (unpaired) electrons. The van der Waals surface area contributed by atoms with Crippen molar-refractivity contribution in [3.8, 4) is 11.4 Å². The number of rotatable bonds is 8. The summed E-state index contributed by atoms with van der Waals surface area (Å²) in [6, 6.07) is 15.2. The summed E-state index contributed by atoms with van der Waals surface area (Å²) >= 11 is 12.1. The number of aromatic nitrogens is 2. The molecule has 1 amide bonds. The highest BCUT2D eigenvalue weighted by Crippen LogP contribution is 2.22. The van der Waals surface area contributed by atoms with Gasteiger partial charge in [0.05, 0.1) is 12.5 Å². The number of carbonyl (C=O) groups is 1. The van der Waals surface area contributed by atoms with E-state index in [4.69, 9.17) is 27.7 Å². The van der Waals surface area contributed by atoms with Gasteiger partial charge in [-0.1, -0.05) is 46.6 Å². The summed E-state index contributed by atoms with van der Waals surface area (Å²) < 4.78 is 5.43. The maximum Gasteiger partial charge on any atom is 0.241 e. The van der Waals surface area contributed by atoms with Crippen molar-refractivity contribution in [1.82, 2.24) is 20.4 Å². The number of hydrogen-bond acceptors (Lipinski definition) is 5. The van der Waals surface area contributed by atoms with Crippen LogP contribution in [-0.2, 0) is 17.8 Å². The summed E-state index contributed by atoms with van der Waals surface area (Å²) in [5.41, 5.74) is 1.97. The number of halogens is 2. The summed E-state index contributed by atoms with van der Waals surface area (Å²) in [6.45, 7) is 2.79. The Morgan fingerprint density at radius 1 is 1.16 bits per heavy atom. The second-order valence-electron chi connectivity index (χ2n) is 8.08. The van der Waals surface area contributed by atoms with Gasteiger partial charge in [-0.25, -0.2) is 0 Å². The van der Waals surface area contributed by atoms with Gasteiger partial charge in [0.1, 0.15) is 0 Å². The SMILES string of the molecule is O=C(NCCCc1ccccc1Cl)C1CCCN(Cc2nc(-c3ccc(Cl)cc3)no2)C1. The molecule has 1 aliphatic rings. The van der Waals surface area contributed by atoms with Gasteiger partial charge < -0.3 is 9.84 Å². The number of benzene rings is 2. The molecule has 1 fully saturated rings. The molecule has 0 bridgehead atoms. The van der Waals surface area contributed by atoms with Gasteiger partial charge >= 0.3 is 0 Å². The molecule has 1 atom stereocenters. The Labute approximate surface area is 197 Å². The predicted molar refractivity (Wildman–Crippen MR) is 126 cm³/mol. The number of piperidine rings is 1. The first-order valence-electron chi connectivity index (χ1n) is 10.9. The molecule has 2 aromatic carbocycles. The molecule has 4 rings (SSSR count). The molecule has 1 unspecified atom stereocenters. The van der Waals surface area contributed by atoms with Gasteiger partial charge in [-0.05, 0) is 68.1 Å². The van der Waals surface area contributed by atoms with E-state index in [0.717, 1.165) is 48.4 Å². The van der Waals surface area contributed by atoms with E-state index >= 15 is 0 Å². The quantitative estimate of drug-likeness (QED) is 0.466. The zero-order valence-electron chi connectivity index (χ0n) is 17.8. The summed E-state index contributed by atoms with van der Waals surface area (Å²) in [7, 11) is 0. The van der Waals surface area contributed by atoms with Crippen molar-refractivity contribution in [2.45, 2.75) is 32.2 Å². The van der Waals surface area contributed by atoms with Crippen LogP contribution in [0.1, 0.15) is 30.7 Å². The number of amides is 1. The lowest BCUT2D eigenvalue weighted by Crippen LogP contribution is -2.43. The minimum atomic E-state index is -0.0253. The van der Waals surface area contributed by atoms with Gasteiger partial charge in [-0.2, -0.15) is 4.98 Å². The molecule has 0 saturated carbocycles. The minimum absolute atomic E-state index is 0.0253. The van der Waals surface area contributed by atoms with Gasteiger partial charge in [0.2, 0.25) is 17.6 Å². The third kappa shape index (κ3) is 6.09. The second-order valence-corrected chi connectivity index (χ2v) is 8.92. The number of likely N-dealkylation sites (tertiary alicyclic amines) is 1. The molecule has 1 N–H and O–H groups in total. The molecule has 168 valence electrons. The molecular formula is C24H26Cl2N4O2. The van der Waals surface area contributed by atoms with E-state index < -0.39 is 0 Å². The largest absolute Gasteiger partial charge is 0.356 e. The fraction of sp³-hybridized carbons (Fsp3) is 0.375. The Balaban J connectivity index is 1.24. The van der Waals surface area contributed by atoms with Crippen LogP contribution in [0.4, 0.5) is 0 Å². The molecule has 0 aliphatic carbocycles. The van der Waals surface area contributed by atoms with Crippen LogP contribution in [0.25, 0.3) is 11.4 Å². The lowest BCUT2D eigenvalue weighted by atomic mass is 9.97. The summed E-state index contributed by atoms with van der Waals surface area (Å²) in [4.78, 5) is 19.4. The van der Waals surface area contributed by atoms with E-state index in [9.17, 15) is 4.79 Å². The molecular weight excluding hydrogens is 447 g/mol. The topological polar surface area (TPSA) is 71.3 Å². The van der Waals surface area contributed by atoms with Crippen molar-refractivity contribution >= 4 is 29.1 Å². The first-order chi connectivity index (χ1) is 15.6. The Hall–Kier alpha value is -2.41. The third-order valence-corrected chi connectivity index (χ3v) is 6.31. The Morgan fingerprint density at radius 2 is 1.97 bits per heavy atom. The molecule has 1 aromatic heterocycles. The lowest BCUT2D eigenvalue weighted by Gasteiger charge is -2.30. The molecule has 3 aromatic rings. The summed E-state index contributed by atoms with van der Waals surface area (Å²) in [5.74, 6) is 1.18. The molecule has 6 nitrogen and oxygen atoms in total. The van der Waals surface area contributed by atoms with Crippen LogP contribution in [-0.4, -0.2) is 40.6 Å². The van der Waals surface area contributed by atoms with Crippen LogP contribution in [0.15, 0.2) is 53.1 Å². The van der Waals surface area contributed by atoms with Crippen molar-refractivity contribution in [2.24, 2.45) is 5.92 Å². The van der Waals surface area contributed by atoms with Crippen LogP contribution in [0.2, 0.25) is 10.0 Å². The lowest BCUT2D eigenvalue weighted by molar-refractivity contribution is -0.126. The molecule has 1 aliphatic heterocycles. The van der Waals surface area contributed by atoms with Gasteiger partial charge in [0, 0.05) is 28.7 Å². The van der Waals surface area contributed by atoms with Crippen molar-refractivity contribution in [3.05, 3.63) is 70.0 Å². The number of carbonyl (C=O) groups excluding carboxylic acids is 1. The smallest absolute Gasteiger partial charge is 0.241 e. The van der Waals surface area contributed by atoms with Crippen molar-refractivity contribution in [1.29, 1.82) is 0 Å². The van der Waals surface area contributed by atoms with Crippen LogP contribution < -0.4 is 5.32 Å². The summed E-state index contributed by atoms with van der Waals surface area (Å²) in [6.07, 6.45) is 3.58. The average molecular weight is 473 g/mol. The van der Waals surface area contributed by atoms with E-state index in [0.29, 0.717) is 36.4 Å². The maximum atomic E-state index is 12.7. The van der Waals surface area contributed by atoms with Gasteiger partial charge in [-0.15, -0.1) is 0 Å². The highest BCUT2D eigenvalue weighted by atomic mass is 35.5. The van der Waals surface area contributed by atoms with E-state index in [-0.39, 0.29) is 11.8 Å². The molecule has 32 heavy (non-hydrogen) atoms. The van der Waals surface area contributed by atoms with E-state index in [1.165, 1.54) is 0 Å². The molecule has 8 heteroatoms. The zero-order chi connectivity index (χ0) is 22.3. The first kappa shape index (κ1) is 22.8. The fourth-order valence-electron chi connectivity index (χ4n) is 3.98. The average Bonchev–Trinajstić information content (AvgIpc) is 3.26. The van der Waals surface area contributed by atoms with Gasteiger partial charge in [0.15, 0.2) is 0 Å². The number of nitrogens with one attached hydrogen (secondary N) is 1. The number of nitrogens with zero attached hydrogens (tertiary/aromatic N) is 3. The monoisotopic (exact) mass is 472 g/mol. The van der Waals surface area contributed by atoms with Crippen LogP contribution >= 0.6 is 23.2 Å². The van der Waals surface area contributed by atoms with Crippen LogP contribution in [0.3, 0.4) is 0 Å². The van der Waals surface area contributed by atoms with Gasteiger partial charge in [-0.3, -0.25) is 9.69 Å². The molecule has 2 heterocycles. The van der Waals surface area contributed by atoms with E-state index in [1.807, 2.05) is 36.4 Å². The van der Waals surface area contributed by atoms with Crippen molar-refractivity contribution < 1.29 is 9.32 Å². The predicted octanol–water partition coefficient (Wildman–Crippen LogP) is 5.00. The maximum absolute atomic E-state index is 12.7. The number of hydrogen-bond donors (Lipinski definition) is 1. The highest BCUT2D eigenvalue weighted by Gasteiger charge is 2.26. The van der Waals surface area contributed by atoms with Gasteiger partial charge in [0.25, 0.3) is 0 Å². The van der Waals surface area contributed by atoms with Crippen molar-refractivity contribution in [2.75, 3.05) is 19.6 Å². The minimum Gasteiger partial charge on any atom is -0.356 e. The molecule has 1 saturated heterocycles. The van der Waals surface area contributed by atoms with E-state index in [1.54, 1.807) is 12.1 Å². The normalized spacial score (nSPS) is 16.8. The Kier molecular flexibility index (Phi) is 7.79.